The number of rotatable bonds is 8. The van der Waals surface area contributed by atoms with Crippen molar-refractivity contribution in [3.8, 4) is 0 Å². The summed E-state index contributed by atoms with van der Waals surface area (Å²) in [6, 6.07) is 13.4. The average Bonchev–Trinajstić information content (AvgIpc) is 3.36. The molecule has 0 saturated heterocycles. The average molecular weight is 539 g/mol. The monoisotopic (exact) mass is 538 g/mol. The smallest absolute Gasteiger partial charge is 0.350 e. The van der Waals surface area contributed by atoms with Crippen molar-refractivity contribution in [2.24, 2.45) is 0 Å². The maximum atomic E-state index is 13.0. The highest BCUT2D eigenvalue weighted by molar-refractivity contribution is 7.17. The van der Waals surface area contributed by atoms with Crippen LogP contribution in [0.25, 0.3) is 0 Å². The lowest BCUT2D eigenvalue weighted by molar-refractivity contribution is -0.120. The highest BCUT2D eigenvalue weighted by Gasteiger charge is 2.38. The van der Waals surface area contributed by atoms with E-state index in [1.54, 1.807) is 50.2 Å². The first-order valence-electron chi connectivity index (χ1n) is 11.4. The minimum Gasteiger partial charge on any atom is -0.462 e. The Balaban J connectivity index is 1.44. The number of nitrogens with zero attached hydrogens (tertiary/aromatic N) is 2. The molecule has 3 aromatic rings. The zero-order valence-corrected chi connectivity index (χ0v) is 21.8. The summed E-state index contributed by atoms with van der Waals surface area (Å²) in [4.78, 5) is 55.9. The summed E-state index contributed by atoms with van der Waals surface area (Å²) in [7, 11) is 0. The number of aromatic nitrogens is 1. The van der Waals surface area contributed by atoms with Gasteiger partial charge in [-0.05, 0) is 62.2 Å². The van der Waals surface area contributed by atoms with Crippen molar-refractivity contribution in [2.45, 2.75) is 27.2 Å². The first kappa shape index (κ1) is 26.1. The van der Waals surface area contributed by atoms with Crippen molar-refractivity contribution in [2.75, 3.05) is 22.1 Å². The molecule has 0 aliphatic carbocycles. The van der Waals surface area contributed by atoms with Crippen LogP contribution >= 0.6 is 22.9 Å². The van der Waals surface area contributed by atoms with Gasteiger partial charge in [0.05, 0.1) is 18.0 Å². The van der Waals surface area contributed by atoms with Crippen molar-refractivity contribution < 1.29 is 23.9 Å². The number of imide groups is 1. The van der Waals surface area contributed by atoms with E-state index in [9.17, 15) is 19.2 Å². The Kier molecular flexibility index (Phi) is 7.70. The van der Waals surface area contributed by atoms with E-state index >= 15 is 0 Å². The molecule has 0 fully saturated rings. The molecule has 0 unspecified atom stereocenters. The Morgan fingerprint density at radius 3 is 2.32 bits per heavy atom. The first-order valence-corrected chi connectivity index (χ1v) is 12.6. The SMILES string of the molecule is CCOC(=O)c1sc(NC(=O)c2ccc(NC3=C(Cl)C(=O)N(c4ccc(CC)cc4)C3=O)cc2)nc1C. The topological polar surface area (TPSA) is 118 Å². The number of ether oxygens (including phenoxy) is 1. The molecule has 0 saturated carbocycles. The minimum atomic E-state index is -0.615. The molecule has 4 rings (SSSR count). The maximum absolute atomic E-state index is 13.0. The summed E-state index contributed by atoms with van der Waals surface area (Å²) in [5.74, 6) is -2.10. The summed E-state index contributed by atoms with van der Waals surface area (Å²) < 4.78 is 4.99. The standard InChI is InChI=1S/C26H23ClN4O5S/c1-4-15-6-12-18(13-7-15)31-23(33)19(27)20(24(31)34)29-17-10-8-16(9-11-17)22(32)30-26-28-14(3)21(37-26)25(35)36-5-2/h6-13,29H,4-5H2,1-3H3,(H,28,30,32). The lowest BCUT2D eigenvalue weighted by Gasteiger charge is -2.15. The van der Waals surface area contributed by atoms with Crippen molar-refractivity contribution in [1.82, 2.24) is 4.98 Å². The maximum Gasteiger partial charge on any atom is 0.350 e. The third-order valence-corrected chi connectivity index (χ3v) is 6.93. The Hall–Kier alpha value is -4.02. The molecule has 0 atom stereocenters. The normalized spacial score (nSPS) is 13.2. The third-order valence-electron chi connectivity index (χ3n) is 5.52. The van der Waals surface area contributed by atoms with E-state index in [1.165, 1.54) is 0 Å². The molecule has 1 aliphatic heterocycles. The van der Waals surface area contributed by atoms with Crippen LogP contribution in [0.5, 0.6) is 0 Å². The van der Waals surface area contributed by atoms with E-state index in [1.807, 2.05) is 19.1 Å². The number of amides is 3. The van der Waals surface area contributed by atoms with E-state index in [4.69, 9.17) is 16.3 Å². The molecule has 2 N–H and O–H groups in total. The molecule has 1 aliphatic rings. The second-order valence-corrected chi connectivity index (χ2v) is 9.34. The fourth-order valence-electron chi connectivity index (χ4n) is 3.58. The molecule has 190 valence electrons. The molecule has 0 spiro atoms. The third kappa shape index (κ3) is 5.40. The number of carbonyl (C=O) groups excluding carboxylic acids is 4. The number of carbonyl (C=O) groups is 4. The van der Waals surface area contributed by atoms with Gasteiger partial charge in [0, 0.05) is 11.3 Å². The molecule has 11 heteroatoms. The van der Waals surface area contributed by atoms with Gasteiger partial charge in [-0.15, -0.1) is 0 Å². The molecule has 2 heterocycles. The highest BCUT2D eigenvalue weighted by atomic mass is 35.5. The zero-order valence-electron chi connectivity index (χ0n) is 20.3. The van der Waals surface area contributed by atoms with Gasteiger partial charge in [-0.3, -0.25) is 19.7 Å². The lowest BCUT2D eigenvalue weighted by Crippen LogP contribution is -2.32. The molecule has 3 amide bonds. The Morgan fingerprint density at radius 2 is 1.70 bits per heavy atom. The van der Waals surface area contributed by atoms with Crippen LogP contribution in [-0.4, -0.2) is 35.3 Å². The van der Waals surface area contributed by atoms with Crippen molar-refractivity contribution in [1.29, 1.82) is 0 Å². The van der Waals surface area contributed by atoms with Crippen LogP contribution in [0.15, 0.2) is 59.3 Å². The van der Waals surface area contributed by atoms with Gasteiger partial charge in [-0.2, -0.15) is 0 Å². The molecule has 0 radical (unpaired) electrons. The van der Waals surface area contributed by atoms with E-state index in [2.05, 4.69) is 15.6 Å². The summed E-state index contributed by atoms with van der Waals surface area (Å²) in [5, 5.41) is 5.60. The number of nitrogens with one attached hydrogen (secondary N) is 2. The Bertz CT molecular complexity index is 1410. The summed E-state index contributed by atoms with van der Waals surface area (Å²) >= 11 is 7.24. The van der Waals surface area contributed by atoms with Gasteiger partial charge in [0.15, 0.2) is 5.13 Å². The van der Waals surface area contributed by atoms with Crippen LogP contribution < -0.4 is 15.5 Å². The van der Waals surface area contributed by atoms with Crippen molar-refractivity contribution in [3.63, 3.8) is 0 Å². The van der Waals surface area contributed by atoms with E-state index < -0.39 is 23.7 Å². The van der Waals surface area contributed by atoms with Crippen molar-refractivity contribution >= 4 is 63.1 Å². The number of benzene rings is 2. The number of halogens is 1. The van der Waals surface area contributed by atoms with E-state index in [0.717, 1.165) is 28.2 Å². The van der Waals surface area contributed by atoms with E-state index in [-0.39, 0.29) is 22.5 Å². The molecule has 1 aromatic heterocycles. The Morgan fingerprint density at radius 1 is 1.03 bits per heavy atom. The van der Waals surface area contributed by atoms with Crippen LogP contribution in [-0.2, 0) is 20.7 Å². The van der Waals surface area contributed by atoms with Gasteiger partial charge in [-0.1, -0.05) is 42.0 Å². The Labute approximate surface area is 222 Å². The molecule has 37 heavy (non-hydrogen) atoms. The summed E-state index contributed by atoms with van der Waals surface area (Å²) in [6.45, 7) is 5.62. The van der Waals surface area contributed by atoms with Crippen LogP contribution in [0.1, 0.15) is 45.1 Å². The van der Waals surface area contributed by atoms with Crippen molar-refractivity contribution in [3.05, 3.63) is 81.0 Å². The number of hydrogen-bond acceptors (Lipinski definition) is 8. The van der Waals surface area contributed by atoms with E-state index in [0.29, 0.717) is 27.5 Å². The number of hydrogen-bond donors (Lipinski definition) is 2. The highest BCUT2D eigenvalue weighted by Crippen LogP contribution is 2.30. The molecular weight excluding hydrogens is 516 g/mol. The fourth-order valence-corrected chi connectivity index (χ4v) is 4.65. The second-order valence-electron chi connectivity index (χ2n) is 7.97. The molecule has 0 bridgehead atoms. The van der Waals surface area contributed by atoms with Crippen LogP contribution in [0.3, 0.4) is 0 Å². The van der Waals surface area contributed by atoms with Gasteiger partial charge >= 0.3 is 5.97 Å². The predicted octanol–water partition coefficient (Wildman–Crippen LogP) is 4.88. The van der Waals surface area contributed by atoms with Crippen LogP contribution in [0, 0.1) is 6.92 Å². The number of aryl methyl sites for hydroxylation is 2. The molecule has 2 aromatic carbocycles. The predicted molar refractivity (Wildman–Crippen MR) is 142 cm³/mol. The zero-order chi connectivity index (χ0) is 26.7. The van der Waals surface area contributed by atoms with Gasteiger partial charge in [0.25, 0.3) is 17.7 Å². The summed E-state index contributed by atoms with van der Waals surface area (Å²) in [6.07, 6.45) is 0.833. The molecule has 9 nitrogen and oxygen atoms in total. The molecular formula is C26H23ClN4O5S. The van der Waals surface area contributed by atoms with Crippen LogP contribution in [0.2, 0.25) is 0 Å². The number of anilines is 3. The van der Waals surface area contributed by atoms with Gasteiger partial charge in [0.2, 0.25) is 0 Å². The van der Waals surface area contributed by atoms with Crippen LogP contribution in [0.4, 0.5) is 16.5 Å². The largest absolute Gasteiger partial charge is 0.462 e. The fraction of sp³-hybridized carbons (Fsp3) is 0.192. The lowest BCUT2D eigenvalue weighted by atomic mass is 10.1. The minimum absolute atomic E-state index is 0.0480. The van der Waals surface area contributed by atoms with Gasteiger partial charge in [0.1, 0.15) is 15.6 Å². The van der Waals surface area contributed by atoms with Gasteiger partial charge in [-0.25, -0.2) is 14.7 Å². The number of thiazole rings is 1. The number of esters is 1. The first-order chi connectivity index (χ1) is 17.7. The quantitative estimate of drug-likeness (QED) is 0.310. The second kappa shape index (κ2) is 10.9. The van der Waals surface area contributed by atoms with Gasteiger partial charge < -0.3 is 10.1 Å². The summed E-state index contributed by atoms with van der Waals surface area (Å²) in [5.41, 5.74) is 2.71.